The maximum absolute atomic E-state index is 14.2. The number of aliphatic imine (C=N–C) groups is 3. The van der Waals surface area contributed by atoms with E-state index >= 15 is 0 Å². The summed E-state index contributed by atoms with van der Waals surface area (Å²) in [5.41, 5.74) is 5.32. The van der Waals surface area contributed by atoms with Gasteiger partial charge in [-0.05, 0) is 42.8 Å². The summed E-state index contributed by atoms with van der Waals surface area (Å²) in [5.74, 6) is 0.506. The molecule has 178 valence electrons. The third kappa shape index (κ3) is 4.25. The summed E-state index contributed by atoms with van der Waals surface area (Å²) < 4.78 is 1.74. The van der Waals surface area contributed by atoms with Crippen LogP contribution in [0.3, 0.4) is 0 Å². The highest BCUT2D eigenvalue weighted by atomic mass is 32.2. The van der Waals surface area contributed by atoms with E-state index < -0.39 is 0 Å². The molecule has 0 saturated carbocycles. The van der Waals surface area contributed by atoms with Crippen molar-refractivity contribution in [3.63, 3.8) is 0 Å². The summed E-state index contributed by atoms with van der Waals surface area (Å²) in [5, 5.41) is 5.58. The van der Waals surface area contributed by atoms with Crippen molar-refractivity contribution < 1.29 is 0 Å². The minimum Gasteiger partial charge on any atom is -0.360 e. The SMILES string of the molecule is C=N/C(N[C@@H](C)c1cc2cccc(-c3cncnc3)c2c(=O)n1-c1ccccc1)=C1/N=CS/C1=N/C. The molecule has 36 heavy (non-hydrogen) atoms. The van der Waals surface area contributed by atoms with Crippen molar-refractivity contribution in [1.29, 1.82) is 0 Å². The van der Waals surface area contributed by atoms with E-state index in [1.165, 1.54) is 18.1 Å². The molecule has 2 aromatic carbocycles. The molecule has 2 aromatic heterocycles. The highest BCUT2D eigenvalue weighted by Crippen LogP contribution is 2.29. The maximum atomic E-state index is 14.2. The Balaban J connectivity index is 1.73. The summed E-state index contributed by atoms with van der Waals surface area (Å²) in [6.07, 6.45) is 4.91. The first-order valence-corrected chi connectivity index (χ1v) is 12.1. The molecule has 9 heteroatoms. The van der Waals surface area contributed by atoms with Crippen LogP contribution in [-0.4, -0.2) is 38.9 Å². The average Bonchev–Trinajstić information content (AvgIpc) is 3.41. The van der Waals surface area contributed by atoms with Gasteiger partial charge in [0.2, 0.25) is 0 Å². The third-order valence-electron chi connectivity index (χ3n) is 5.89. The van der Waals surface area contributed by atoms with Crippen LogP contribution < -0.4 is 10.9 Å². The van der Waals surface area contributed by atoms with Gasteiger partial charge < -0.3 is 5.32 Å². The number of rotatable bonds is 6. The average molecular weight is 494 g/mol. The molecule has 8 nitrogen and oxygen atoms in total. The summed E-state index contributed by atoms with van der Waals surface area (Å²) in [6.45, 7) is 5.71. The zero-order valence-corrected chi connectivity index (χ0v) is 20.6. The largest absolute Gasteiger partial charge is 0.360 e. The fourth-order valence-corrected chi connectivity index (χ4v) is 4.88. The number of nitrogens with one attached hydrogen (secondary N) is 1. The van der Waals surface area contributed by atoms with Crippen LogP contribution in [0.25, 0.3) is 27.6 Å². The van der Waals surface area contributed by atoms with Crippen LogP contribution in [-0.2, 0) is 0 Å². The second-order valence-electron chi connectivity index (χ2n) is 8.04. The van der Waals surface area contributed by atoms with E-state index in [4.69, 9.17) is 0 Å². The Hall–Kier alpha value is -4.37. The molecule has 0 amide bonds. The van der Waals surface area contributed by atoms with Gasteiger partial charge in [-0.3, -0.25) is 14.4 Å². The van der Waals surface area contributed by atoms with Crippen LogP contribution >= 0.6 is 11.8 Å². The Morgan fingerprint density at radius 1 is 1.11 bits per heavy atom. The number of hydrogen-bond donors (Lipinski definition) is 1. The third-order valence-corrected chi connectivity index (χ3v) is 6.70. The van der Waals surface area contributed by atoms with Crippen molar-refractivity contribution in [3.8, 4) is 16.8 Å². The van der Waals surface area contributed by atoms with Crippen LogP contribution in [0.4, 0.5) is 0 Å². The first-order chi connectivity index (χ1) is 17.6. The van der Waals surface area contributed by atoms with Gasteiger partial charge in [-0.2, -0.15) is 0 Å². The number of benzene rings is 2. The molecular formula is C27H23N7OS. The predicted octanol–water partition coefficient (Wildman–Crippen LogP) is 4.77. The molecule has 1 N–H and O–H groups in total. The number of pyridine rings is 1. The predicted molar refractivity (Wildman–Crippen MR) is 148 cm³/mol. The van der Waals surface area contributed by atoms with Gasteiger partial charge >= 0.3 is 0 Å². The van der Waals surface area contributed by atoms with Gasteiger partial charge in [-0.1, -0.05) is 48.2 Å². The van der Waals surface area contributed by atoms with E-state index in [9.17, 15) is 4.79 Å². The molecule has 0 spiro atoms. The van der Waals surface area contributed by atoms with Crippen LogP contribution in [0.15, 0.2) is 105 Å². The van der Waals surface area contributed by atoms with Gasteiger partial charge in [0, 0.05) is 36.4 Å². The molecule has 0 fully saturated rings. The van der Waals surface area contributed by atoms with Gasteiger partial charge in [-0.25, -0.2) is 20.0 Å². The molecule has 0 saturated heterocycles. The quantitative estimate of drug-likeness (QED) is 0.390. The first kappa shape index (κ1) is 23.4. The zero-order valence-electron chi connectivity index (χ0n) is 19.8. The molecule has 1 atom stereocenters. The summed E-state index contributed by atoms with van der Waals surface area (Å²) in [4.78, 5) is 35.3. The molecule has 5 rings (SSSR count). The fraction of sp³-hybridized carbons (Fsp3) is 0.111. The van der Waals surface area contributed by atoms with Gasteiger partial charge in [0.15, 0.2) is 5.82 Å². The van der Waals surface area contributed by atoms with Crippen molar-refractivity contribution in [3.05, 3.63) is 101 Å². The standard InChI is InChI=1S/C27H23N7OS/c1-17(33-25(28-2)24-26(29-3)36-16-32-24)22-12-18-8-7-11-21(19-13-30-15-31-14-19)23(18)27(35)34(22)20-9-5-4-6-10-20/h4-17,33H,2H2,1,3H3/b25-24-,29-26+/t17-/m0/s1. The lowest BCUT2D eigenvalue weighted by atomic mass is 9.99. The summed E-state index contributed by atoms with van der Waals surface area (Å²) in [6, 6.07) is 17.1. The lowest BCUT2D eigenvalue weighted by Gasteiger charge is -2.22. The fourth-order valence-electron chi connectivity index (χ4n) is 4.25. The number of hydrogen-bond acceptors (Lipinski definition) is 8. The number of fused-ring (bicyclic) bond motifs is 1. The molecule has 0 radical (unpaired) electrons. The van der Waals surface area contributed by atoms with Crippen molar-refractivity contribution in [1.82, 2.24) is 19.9 Å². The lowest BCUT2D eigenvalue weighted by molar-refractivity contribution is 0.608. The molecule has 0 bridgehead atoms. The van der Waals surface area contributed by atoms with Gasteiger partial charge in [0.25, 0.3) is 5.56 Å². The van der Waals surface area contributed by atoms with Gasteiger partial charge in [0.05, 0.1) is 17.0 Å². The number of aromatic nitrogens is 3. The highest BCUT2D eigenvalue weighted by molar-refractivity contribution is 8.26. The van der Waals surface area contributed by atoms with E-state index in [0.717, 1.165) is 32.9 Å². The van der Waals surface area contributed by atoms with Gasteiger partial charge in [-0.15, -0.1) is 0 Å². The Morgan fingerprint density at radius 2 is 1.89 bits per heavy atom. The van der Waals surface area contributed by atoms with E-state index in [0.29, 0.717) is 16.9 Å². The normalized spacial score (nSPS) is 16.3. The summed E-state index contributed by atoms with van der Waals surface area (Å²) >= 11 is 1.43. The zero-order chi connectivity index (χ0) is 25.1. The Kier molecular flexibility index (Phi) is 6.55. The number of nitrogens with zero attached hydrogens (tertiary/aromatic N) is 6. The first-order valence-electron chi connectivity index (χ1n) is 11.3. The second kappa shape index (κ2) is 10.1. The van der Waals surface area contributed by atoms with E-state index in [2.05, 4.69) is 37.0 Å². The molecule has 0 unspecified atom stereocenters. The highest BCUT2D eigenvalue weighted by Gasteiger charge is 2.22. The minimum atomic E-state index is -0.307. The van der Waals surface area contributed by atoms with E-state index in [-0.39, 0.29) is 11.6 Å². The van der Waals surface area contributed by atoms with Crippen molar-refractivity contribution in [2.24, 2.45) is 15.0 Å². The van der Waals surface area contributed by atoms with Crippen LogP contribution in [0.5, 0.6) is 0 Å². The molecular weight excluding hydrogens is 470 g/mol. The van der Waals surface area contributed by atoms with E-state index in [1.54, 1.807) is 29.6 Å². The van der Waals surface area contributed by atoms with Crippen molar-refractivity contribution in [2.45, 2.75) is 13.0 Å². The Bertz CT molecular complexity index is 1590. The van der Waals surface area contributed by atoms with Crippen LogP contribution in [0.1, 0.15) is 18.7 Å². The summed E-state index contributed by atoms with van der Waals surface area (Å²) in [7, 11) is 1.72. The molecule has 1 aliphatic heterocycles. The Labute approximate surface area is 212 Å². The van der Waals surface area contributed by atoms with Crippen molar-refractivity contribution >= 4 is 39.8 Å². The maximum Gasteiger partial charge on any atom is 0.263 e. The smallest absolute Gasteiger partial charge is 0.263 e. The molecule has 0 aliphatic carbocycles. The molecule has 4 aromatic rings. The Morgan fingerprint density at radius 3 is 2.61 bits per heavy atom. The van der Waals surface area contributed by atoms with Crippen LogP contribution in [0.2, 0.25) is 0 Å². The number of thioether (sulfide) groups is 1. The van der Waals surface area contributed by atoms with Crippen molar-refractivity contribution in [2.75, 3.05) is 7.05 Å². The second-order valence-corrected chi connectivity index (χ2v) is 8.88. The van der Waals surface area contributed by atoms with Gasteiger partial charge in [0.1, 0.15) is 17.1 Å². The molecule has 1 aliphatic rings. The van der Waals surface area contributed by atoms with Crippen LogP contribution in [0, 0.1) is 0 Å². The molecule has 3 heterocycles. The lowest BCUT2D eigenvalue weighted by Crippen LogP contribution is -2.29. The monoisotopic (exact) mass is 493 g/mol. The van der Waals surface area contributed by atoms with E-state index in [1.807, 2.05) is 61.5 Å². The topological polar surface area (TPSA) is 96.9 Å². The minimum absolute atomic E-state index is 0.132. The number of para-hydroxylation sites is 1.